The van der Waals surface area contributed by atoms with Gasteiger partial charge in [0.15, 0.2) is 5.82 Å². The Morgan fingerprint density at radius 2 is 2.25 bits per heavy atom. The predicted octanol–water partition coefficient (Wildman–Crippen LogP) is 2.24. The molecule has 0 radical (unpaired) electrons. The number of tetrazole rings is 1. The van der Waals surface area contributed by atoms with Gasteiger partial charge in [-0.25, -0.2) is 4.68 Å². The minimum Gasteiger partial charge on any atom is -0.327 e. The highest BCUT2D eigenvalue weighted by molar-refractivity contribution is 5.91. The van der Waals surface area contributed by atoms with E-state index in [-0.39, 0.29) is 24.4 Å². The zero-order valence-electron chi connectivity index (χ0n) is 13.7. The van der Waals surface area contributed by atoms with Crippen molar-refractivity contribution >= 4 is 24.0 Å². The van der Waals surface area contributed by atoms with E-state index in [0.717, 1.165) is 30.5 Å². The lowest BCUT2D eigenvalue weighted by atomic mass is 10.00. The van der Waals surface area contributed by atoms with Gasteiger partial charge in [-0.3, -0.25) is 4.79 Å². The van der Waals surface area contributed by atoms with E-state index >= 15 is 0 Å². The number of aromatic nitrogens is 4. The lowest BCUT2D eigenvalue weighted by Crippen LogP contribution is -2.28. The first-order valence-corrected chi connectivity index (χ1v) is 8.09. The number of nitrogens with one attached hydrogen (secondary N) is 1. The van der Waals surface area contributed by atoms with Gasteiger partial charge in [0.2, 0.25) is 5.91 Å². The fourth-order valence-corrected chi connectivity index (χ4v) is 3.13. The Balaban J connectivity index is 0.00000208. The van der Waals surface area contributed by atoms with E-state index in [4.69, 9.17) is 5.73 Å². The summed E-state index contributed by atoms with van der Waals surface area (Å²) in [6.45, 7) is 2.68. The summed E-state index contributed by atoms with van der Waals surface area (Å²) < 4.78 is 1.72. The van der Waals surface area contributed by atoms with Crippen molar-refractivity contribution in [3.63, 3.8) is 0 Å². The van der Waals surface area contributed by atoms with Crippen molar-refractivity contribution in [3.8, 4) is 11.4 Å². The molecule has 1 amide bonds. The first-order valence-electron chi connectivity index (χ1n) is 8.09. The SMILES string of the molecule is CCn1nnnc1-c1cccc(NC(=O)C[C@@H]2CCC[C@H]2N)c1.Cl. The largest absolute Gasteiger partial charge is 0.327 e. The topological polar surface area (TPSA) is 98.7 Å². The number of carbonyl (C=O) groups is 1. The first kappa shape index (κ1) is 18.4. The molecular weight excluding hydrogens is 328 g/mol. The highest BCUT2D eigenvalue weighted by atomic mass is 35.5. The van der Waals surface area contributed by atoms with Crippen LogP contribution in [0, 0.1) is 5.92 Å². The maximum atomic E-state index is 12.2. The molecule has 0 bridgehead atoms. The zero-order valence-corrected chi connectivity index (χ0v) is 14.5. The van der Waals surface area contributed by atoms with E-state index in [9.17, 15) is 4.79 Å². The molecule has 0 unspecified atom stereocenters. The van der Waals surface area contributed by atoms with Crippen LogP contribution in [-0.4, -0.2) is 32.2 Å². The Hall–Kier alpha value is -1.99. The van der Waals surface area contributed by atoms with E-state index in [1.165, 1.54) is 0 Å². The Morgan fingerprint density at radius 1 is 1.42 bits per heavy atom. The van der Waals surface area contributed by atoms with Crippen LogP contribution in [0.25, 0.3) is 11.4 Å². The summed E-state index contributed by atoms with van der Waals surface area (Å²) in [5, 5.41) is 14.6. The van der Waals surface area contributed by atoms with Gasteiger partial charge in [0.05, 0.1) is 0 Å². The molecule has 1 aromatic carbocycles. The number of carbonyl (C=O) groups excluding carboxylic acids is 1. The molecule has 1 heterocycles. The standard InChI is InChI=1S/C16H22N6O.ClH/c1-2-22-16(19-20-21-22)12-6-3-7-13(9-12)18-15(23)10-11-5-4-8-14(11)17;/h3,6-7,9,11,14H,2,4-5,8,10,17H2,1H3,(H,18,23);1H/t11-,14+;/m0./s1. The van der Waals surface area contributed by atoms with E-state index in [0.29, 0.717) is 24.7 Å². The second-order valence-electron chi connectivity index (χ2n) is 6.01. The maximum Gasteiger partial charge on any atom is 0.224 e. The molecule has 8 heteroatoms. The second kappa shape index (κ2) is 8.21. The Morgan fingerprint density at radius 3 is 2.96 bits per heavy atom. The molecule has 1 aromatic heterocycles. The average Bonchev–Trinajstić information content (AvgIpc) is 3.17. The van der Waals surface area contributed by atoms with Crippen molar-refractivity contribution in [1.82, 2.24) is 20.2 Å². The molecule has 24 heavy (non-hydrogen) atoms. The van der Waals surface area contributed by atoms with Crippen molar-refractivity contribution in [2.24, 2.45) is 11.7 Å². The average molecular weight is 351 g/mol. The van der Waals surface area contributed by atoms with E-state index < -0.39 is 0 Å². The van der Waals surface area contributed by atoms with Gasteiger partial charge >= 0.3 is 0 Å². The summed E-state index contributed by atoms with van der Waals surface area (Å²) in [5.74, 6) is 1.01. The number of hydrogen-bond acceptors (Lipinski definition) is 5. The second-order valence-corrected chi connectivity index (χ2v) is 6.01. The van der Waals surface area contributed by atoms with Gasteiger partial charge in [0, 0.05) is 30.3 Å². The minimum atomic E-state index is 0. The molecule has 3 rings (SSSR count). The van der Waals surface area contributed by atoms with Gasteiger partial charge in [-0.2, -0.15) is 0 Å². The molecule has 1 saturated carbocycles. The van der Waals surface area contributed by atoms with Crippen molar-refractivity contribution < 1.29 is 4.79 Å². The third-order valence-electron chi connectivity index (χ3n) is 4.40. The van der Waals surface area contributed by atoms with Crippen molar-refractivity contribution in [2.45, 2.75) is 45.2 Å². The summed E-state index contributed by atoms with van der Waals surface area (Å²) >= 11 is 0. The van der Waals surface area contributed by atoms with Crippen molar-refractivity contribution in [2.75, 3.05) is 5.32 Å². The molecule has 2 aromatic rings. The Bertz CT molecular complexity index is 689. The van der Waals surface area contributed by atoms with Crippen LogP contribution in [0.2, 0.25) is 0 Å². The van der Waals surface area contributed by atoms with Crippen molar-refractivity contribution in [1.29, 1.82) is 0 Å². The quantitative estimate of drug-likeness (QED) is 0.861. The summed E-state index contributed by atoms with van der Waals surface area (Å²) in [4.78, 5) is 12.2. The molecule has 2 atom stereocenters. The molecule has 7 nitrogen and oxygen atoms in total. The van der Waals surface area contributed by atoms with Crippen LogP contribution in [0.3, 0.4) is 0 Å². The predicted molar refractivity (Wildman–Crippen MR) is 94.7 cm³/mol. The smallest absolute Gasteiger partial charge is 0.224 e. The van der Waals surface area contributed by atoms with Gasteiger partial charge in [-0.15, -0.1) is 17.5 Å². The maximum absolute atomic E-state index is 12.2. The molecular formula is C16H23ClN6O. The number of anilines is 1. The number of nitrogens with two attached hydrogens (primary N) is 1. The lowest BCUT2D eigenvalue weighted by molar-refractivity contribution is -0.117. The van der Waals surface area contributed by atoms with Gasteiger partial charge in [-0.05, 0) is 48.2 Å². The van der Waals surface area contributed by atoms with Gasteiger partial charge < -0.3 is 11.1 Å². The third kappa shape index (κ3) is 4.10. The van der Waals surface area contributed by atoms with Crippen LogP contribution in [0.1, 0.15) is 32.6 Å². The number of aryl methyl sites for hydroxylation is 1. The van der Waals surface area contributed by atoms with E-state index in [1.54, 1.807) is 4.68 Å². The molecule has 3 N–H and O–H groups in total. The van der Waals surface area contributed by atoms with Crippen LogP contribution in [0.4, 0.5) is 5.69 Å². The van der Waals surface area contributed by atoms with Crippen LogP contribution >= 0.6 is 12.4 Å². The van der Waals surface area contributed by atoms with Gasteiger partial charge in [-0.1, -0.05) is 18.6 Å². The van der Waals surface area contributed by atoms with Crippen LogP contribution < -0.4 is 11.1 Å². The normalized spacial score (nSPS) is 19.8. The van der Waals surface area contributed by atoms with Gasteiger partial charge in [0.25, 0.3) is 0 Å². The molecule has 1 fully saturated rings. The minimum absolute atomic E-state index is 0. The molecule has 0 aliphatic heterocycles. The van der Waals surface area contributed by atoms with Crippen LogP contribution in [0.5, 0.6) is 0 Å². The zero-order chi connectivity index (χ0) is 16.2. The van der Waals surface area contributed by atoms with Crippen LogP contribution in [-0.2, 0) is 11.3 Å². The fourth-order valence-electron chi connectivity index (χ4n) is 3.13. The first-order chi connectivity index (χ1) is 11.2. The van der Waals surface area contributed by atoms with E-state index in [2.05, 4.69) is 20.8 Å². The molecule has 1 aliphatic rings. The summed E-state index contributed by atoms with van der Waals surface area (Å²) in [6, 6.07) is 7.74. The highest BCUT2D eigenvalue weighted by Gasteiger charge is 2.26. The molecule has 0 spiro atoms. The Labute approximate surface area is 147 Å². The lowest BCUT2D eigenvalue weighted by Gasteiger charge is -2.15. The number of hydrogen-bond donors (Lipinski definition) is 2. The fraction of sp³-hybridized carbons (Fsp3) is 0.500. The number of rotatable bonds is 5. The molecule has 1 aliphatic carbocycles. The van der Waals surface area contributed by atoms with Gasteiger partial charge in [0.1, 0.15) is 0 Å². The number of halogens is 1. The monoisotopic (exact) mass is 350 g/mol. The highest BCUT2D eigenvalue weighted by Crippen LogP contribution is 2.27. The molecule has 130 valence electrons. The Kier molecular flexibility index (Phi) is 6.28. The number of nitrogens with zero attached hydrogens (tertiary/aromatic N) is 4. The van der Waals surface area contributed by atoms with Crippen LogP contribution in [0.15, 0.2) is 24.3 Å². The summed E-state index contributed by atoms with van der Waals surface area (Å²) in [7, 11) is 0. The number of amides is 1. The summed E-state index contributed by atoms with van der Waals surface area (Å²) in [6.07, 6.45) is 3.67. The number of benzene rings is 1. The summed E-state index contributed by atoms with van der Waals surface area (Å²) in [5.41, 5.74) is 7.67. The third-order valence-corrected chi connectivity index (χ3v) is 4.40. The molecule has 0 saturated heterocycles. The van der Waals surface area contributed by atoms with Crippen molar-refractivity contribution in [3.05, 3.63) is 24.3 Å². The van der Waals surface area contributed by atoms with E-state index in [1.807, 2.05) is 31.2 Å².